The fraction of sp³-hybridized carbons (Fsp3) is 0.400. The second-order valence-electron chi connectivity index (χ2n) is 7.26. The number of nitrogens with one attached hydrogen (secondary N) is 1. The summed E-state index contributed by atoms with van der Waals surface area (Å²) in [5, 5.41) is 3.10. The second-order valence-corrected chi connectivity index (χ2v) is 8.30. The first-order chi connectivity index (χ1) is 14.9. The Labute approximate surface area is 181 Å². The summed E-state index contributed by atoms with van der Waals surface area (Å²) in [5.41, 5.74) is 5.91. The molecule has 3 atom stereocenters. The van der Waals surface area contributed by atoms with Gasteiger partial charge in [0.05, 0.1) is 24.0 Å². The highest BCUT2D eigenvalue weighted by molar-refractivity contribution is 8.13. The number of fused-ring (bicyclic) bond motifs is 1. The number of rotatable bonds is 5. The van der Waals surface area contributed by atoms with Crippen LogP contribution in [-0.4, -0.2) is 46.4 Å². The van der Waals surface area contributed by atoms with Crippen molar-refractivity contribution in [1.82, 2.24) is 9.97 Å². The Bertz CT molecular complexity index is 1010. The maximum atomic E-state index is 15.0. The molecule has 0 aliphatic carbocycles. The molecule has 3 N–H and O–H groups in total. The molecule has 1 amide bonds. The molecule has 2 aromatic rings. The van der Waals surface area contributed by atoms with Crippen LogP contribution in [0.5, 0.6) is 5.88 Å². The number of thioether (sulfide) groups is 1. The predicted molar refractivity (Wildman–Crippen MR) is 112 cm³/mol. The normalized spacial score (nSPS) is 25.3. The van der Waals surface area contributed by atoms with Gasteiger partial charge in [-0.15, -0.1) is 0 Å². The van der Waals surface area contributed by atoms with E-state index in [2.05, 4.69) is 25.0 Å². The van der Waals surface area contributed by atoms with E-state index in [1.165, 1.54) is 30.1 Å². The van der Waals surface area contributed by atoms with Crippen LogP contribution in [0.2, 0.25) is 0 Å². The zero-order valence-corrected chi connectivity index (χ0v) is 17.5. The molecule has 1 aromatic carbocycles. The number of nitrogens with two attached hydrogens (primary N) is 1. The van der Waals surface area contributed by atoms with Crippen molar-refractivity contribution in [1.29, 1.82) is 0 Å². The molecule has 1 fully saturated rings. The van der Waals surface area contributed by atoms with Crippen molar-refractivity contribution in [3.63, 3.8) is 0 Å². The number of ether oxygens (including phenoxy) is 2. The van der Waals surface area contributed by atoms with Crippen LogP contribution < -0.4 is 15.8 Å². The minimum absolute atomic E-state index is 0.00384. The van der Waals surface area contributed by atoms with E-state index < -0.39 is 24.1 Å². The van der Waals surface area contributed by atoms with Gasteiger partial charge in [-0.3, -0.25) is 9.79 Å². The summed E-state index contributed by atoms with van der Waals surface area (Å²) in [5.74, 6) is -0.406. The number of carbonyl (C=O) groups is 1. The molecule has 11 heteroatoms. The highest BCUT2D eigenvalue weighted by Crippen LogP contribution is 2.48. The van der Waals surface area contributed by atoms with Gasteiger partial charge in [0.1, 0.15) is 11.5 Å². The number of benzene rings is 1. The molecule has 3 heterocycles. The third kappa shape index (κ3) is 4.19. The minimum Gasteiger partial charge on any atom is -0.445 e. The Morgan fingerprint density at radius 1 is 1.42 bits per heavy atom. The first kappa shape index (κ1) is 21.4. The molecule has 0 spiro atoms. The third-order valence-corrected chi connectivity index (χ3v) is 6.43. The Morgan fingerprint density at radius 3 is 3.00 bits per heavy atom. The molecule has 0 radical (unpaired) electrons. The average Bonchev–Trinajstić information content (AvgIpc) is 2.75. The second kappa shape index (κ2) is 8.75. The standard InChI is InChI=1S/C20H21F2N5O3S/c1-11-14-9-31-19(23)27-20(14,4-5-29-11)13-6-12(2-3-15(13)22)26-18(28)16-7-25-17(8-24-16)30-10-21/h2-3,6-8,11,14H,4-5,9-10H2,1H3,(H2,23,27)(H,26,28). The van der Waals surface area contributed by atoms with Crippen molar-refractivity contribution >= 4 is 28.5 Å². The number of halogens is 2. The number of anilines is 1. The topological polar surface area (TPSA) is 112 Å². The Hall–Kier alpha value is -2.79. The molecule has 164 valence electrons. The smallest absolute Gasteiger partial charge is 0.275 e. The summed E-state index contributed by atoms with van der Waals surface area (Å²) in [4.78, 5) is 25.0. The summed E-state index contributed by atoms with van der Waals surface area (Å²) >= 11 is 1.43. The number of amides is 1. The fourth-order valence-electron chi connectivity index (χ4n) is 3.99. The van der Waals surface area contributed by atoms with Crippen molar-refractivity contribution in [2.24, 2.45) is 16.6 Å². The highest BCUT2D eigenvalue weighted by atomic mass is 32.2. The molecule has 1 saturated heterocycles. The average molecular weight is 449 g/mol. The number of nitrogens with zero attached hydrogens (tertiary/aromatic N) is 3. The highest BCUT2D eigenvalue weighted by Gasteiger charge is 2.49. The van der Waals surface area contributed by atoms with E-state index in [1.807, 2.05) is 6.92 Å². The molecule has 0 bridgehead atoms. The maximum Gasteiger partial charge on any atom is 0.275 e. The van der Waals surface area contributed by atoms with Gasteiger partial charge in [-0.05, 0) is 25.1 Å². The van der Waals surface area contributed by atoms with Gasteiger partial charge in [0.25, 0.3) is 5.91 Å². The van der Waals surface area contributed by atoms with Crippen molar-refractivity contribution in [2.75, 3.05) is 24.5 Å². The molecule has 2 aliphatic heterocycles. The Morgan fingerprint density at radius 2 is 2.26 bits per heavy atom. The molecule has 1 aromatic heterocycles. The zero-order chi connectivity index (χ0) is 22.0. The van der Waals surface area contributed by atoms with Crippen LogP contribution in [0.25, 0.3) is 0 Å². The molecular weight excluding hydrogens is 428 g/mol. The van der Waals surface area contributed by atoms with Gasteiger partial charge in [-0.25, -0.2) is 18.7 Å². The first-order valence-electron chi connectivity index (χ1n) is 9.65. The van der Waals surface area contributed by atoms with E-state index in [0.717, 1.165) is 6.20 Å². The van der Waals surface area contributed by atoms with E-state index in [1.54, 1.807) is 6.07 Å². The number of hydrogen-bond donors (Lipinski definition) is 2. The number of carbonyl (C=O) groups excluding carboxylic acids is 1. The number of hydrogen-bond acceptors (Lipinski definition) is 8. The molecule has 31 heavy (non-hydrogen) atoms. The van der Waals surface area contributed by atoms with Gasteiger partial charge >= 0.3 is 0 Å². The van der Waals surface area contributed by atoms with E-state index in [9.17, 15) is 9.18 Å². The lowest BCUT2D eigenvalue weighted by molar-refractivity contribution is -0.0514. The monoisotopic (exact) mass is 449 g/mol. The van der Waals surface area contributed by atoms with Crippen LogP contribution in [0.4, 0.5) is 14.5 Å². The molecule has 4 rings (SSSR count). The van der Waals surface area contributed by atoms with E-state index >= 15 is 4.39 Å². The summed E-state index contributed by atoms with van der Waals surface area (Å²) in [6, 6.07) is 4.34. The largest absolute Gasteiger partial charge is 0.445 e. The lowest BCUT2D eigenvalue weighted by Gasteiger charge is -2.47. The van der Waals surface area contributed by atoms with Gasteiger partial charge in [0, 0.05) is 35.9 Å². The number of amidine groups is 1. The van der Waals surface area contributed by atoms with Crippen LogP contribution in [0.3, 0.4) is 0 Å². The van der Waals surface area contributed by atoms with Crippen molar-refractivity contribution < 1.29 is 23.0 Å². The number of aromatic nitrogens is 2. The summed E-state index contributed by atoms with van der Waals surface area (Å²) < 4.78 is 37.6. The molecule has 8 nitrogen and oxygen atoms in total. The van der Waals surface area contributed by atoms with Crippen LogP contribution in [-0.2, 0) is 10.3 Å². The summed E-state index contributed by atoms with van der Waals surface area (Å²) in [6.45, 7) is 1.34. The molecule has 3 unspecified atom stereocenters. The minimum atomic E-state index is -1.05. The van der Waals surface area contributed by atoms with Crippen LogP contribution in [0.15, 0.2) is 35.6 Å². The van der Waals surface area contributed by atoms with Gasteiger partial charge < -0.3 is 20.5 Å². The maximum absolute atomic E-state index is 15.0. The summed E-state index contributed by atoms with van der Waals surface area (Å²) in [7, 11) is 0. The van der Waals surface area contributed by atoms with E-state index in [4.69, 9.17) is 10.5 Å². The van der Waals surface area contributed by atoms with E-state index in [-0.39, 0.29) is 23.6 Å². The fourth-order valence-corrected chi connectivity index (χ4v) is 5.12. The van der Waals surface area contributed by atoms with Crippen LogP contribution in [0.1, 0.15) is 29.4 Å². The SMILES string of the molecule is CC1OCCC2(c3cc(NC(=O)c4cnc(OCF)cn4)ccc3F)N=C(N)SCC12. The van der Waals surface area contributed by atoms with E-state index in [0.29, 0.717) is 35.2 Å². The van der Waals surface area contributed by atoms with Crippen molar-refractivity contribution in [3.05, 3.63) is 47.7 Å². The van der Waals surface area contributed by atoms with Gasteiger partial charge in [-0.2, -0.15) is 0 Å². The van der Waals surface area contributed by atoms with Crippen LogP contribution >= 0.6 is 11.8 Å². The molecule has 0 saturated carbocycles. The number of alkyl halides is 1. The van der Waals surface area contributed by atoms with Crippen molar-refractivity contribution in [2.45, 2.75) is 25.0 Å². The zero-order valence-electron chi connectivity index (χ0n) is 16.7. The number of aliphatic imine (C=N–C) groups is 1. The predicted octanol–water partition coefficient (Wildman–Crippen LogP) is 2.86. The van der Waals surface area contributed by atoms with Gasteiger partial charge in [0.15, 0.2) is 5.17 Å². The Kier molecular flexibility index (Phi) is 6.05. The first-order valence-corrected chi connectivity index (χ1v) is 10.6. The van der Waals surface area contributed by atoms with Crippen LogP contribution in [0, 0.1) is 11.7 Å². The lowest BCUT2D eigenvalue weighted by Crippen LogP contribution is -2.50. The third-order valence-electron chi connectivity index (χ3n) is 5.52. The quantitative estimate of drug-likeness (QED) is 0.722. The lowest BCUT2D eigenvalue weighted by atomic mass is 9.72. The molecule has 2 aliphatic rings. The van der Waals surface area contributed by atoms with Gasteiger partial charge in [0.2, 0.25) is 12.7 Å². The summed E-state index contributed by atoms with van der Waals surface area (Å²) in [6.07, 6.45) is 2.69. The Balaban J connectivity index is 1.64. The van der Waals surface area contributed by atoms with Gasteiger partial charge in [-0.1, -0.05) is 11.8 Å². The van der Waals surface area contributed by atoms with Crippen molar-refractivity contribution in [3.8, 4) is 5.88 Å². The molecular formula is C20H21F2N5O3S.